The molecule has 0 radical (unpaired) electrons. The number of rotatable bonds is 1. The summed E-state index contributed by atoms with van der Waals surface area (Å²) in [5.41, 5.74) is 0.470. The van der Waals surface area contributed by atoms with Crippen molar-refractivity contribution in [3.63, 3.8) is 0 Å². The van der Waals surface area contributed by atoms with Crippen molar-refractivity contribution in [3.05, 3.63) is 11.8 Å². The lowest BCUT2D eigenvalue weighted by Gasteiger charge is -2.60. The molecule has 3 heteroatoms. The van der Waals surface area contributed by atoms with E-state index < -0.39 is 0 Å². The predicted octanol–water partition coefficient (Wildman–Crippen LogP) is 4.45. The number of aliphatic hydroxyl groups is 1. The maximum atomic E-state index is 11.5. The van der Waals surface area contributed by atoms with Crippen LogP contribution in [-0.2, 0) is 9.53 Å². The summed E-state index contributed by atoms with van der Waals surface area (Å²) in [5, 5.41) is 10.1. The van der Waals surface area contributed by atoms with E-state index in [1.807, 2.05) is 0 Å². The summed E-state index contributed by atoms with van der Waals surface area (Å²) in [6, 6.07) is 0. The summed E-state index contributed by atoms with van der Waals surface area (Å²) in [6.07, 6.45) is 11.3. The highest BCUT2D eigenvalue weighted by Gasteiger charge is 2.59. The van der Waals surface area contributed by atoms with Gasteiger partial charge in [-0.2, -0.15) is 0 Å². The molecule has 0 aromatic rings. The quantitative estimate of drug-likeness (QED) is 0.722. The molecule has 0 aliphatic heterocycles. The molecule has 24 heavy (non-hydrogen) atoms. The van der Waals surface area contributed by atoms with Gasteiger partial charge in [-0.3, -0.25) is 4.79 Å². The van der Waals surface area contributed by atoms with Gasteiger partial charge in [-0.1, -0.05) is 13.8 Å². The molecular weight excluding hydrogens is 300 g/mol. The normalized spacial score (nSPS) is 50.3. The van der Waals surface area contributed by atoms with Gasteiger partial charge in [-0.05, 0) is 86.5 Å². The Labute approximate surface area is 145 Å². The number of hydrogen-bond donors (Lipinski definition) is 1. The summed E-state index contributed by atoms with van der Waals surface area (Å²) in [5.74, 6) is 3.65. The third kappa shape index (κ3) is 2.30. The van der Waals surface area contributed by atoms with Gasteiger partial charge >= 0.3 is 5.97 Å². The van der Waals surface area contributed by atoms with Crippen LogP contribution < -0.4 is 0 Å². The molecule has 0 saturated heterocycles. The average molecular weight is 332 g/mol. The number of hydrogen-bond acceptors (Lipinski definition) is 3. The van der Waals surface area contributed by atoms with Gasteiger partial charge in [-0.25, -0.2) is 0 Å². The van der Waals surface area contributed by atoms with E-state index in [2.05, 4.69) is 19.9 Å². The zero-order chi connectivity index (χ0) is 17.1. The third-order valence-corrected chi connectivity index (χ3v) is 8.40. The average Bonchev–Trinajstić information content (AvgIpc) is 2.84. The molecule has 0 spiro atoms. The van der Waals surface area contributed by atoms with E-state index in [1.165, 1.54) is 32.6 Å². The Balaban J connectivity index is 1.58. The molecule has 0 aromatic heterocycles. The fraction of sp³-hybridized carbons (Fsp3) is 0.857. The number of aliphatic hydroxyl groups excluding tert-OH is 1. The van der Waals surface area contributed by atoms with Gasteiger partial charge in [0.15, 0.2) is 0 Å². The molecule has 0 bridgehead atoms. The molecule has 0 aromatic carbocycles. The molecule has 2 unspecified atom stereocenters. The first kappa shape index (κ1) is 16.6. The first-order valence-electron chi connectivity index (χ1n) is 9.92. The predicted molar refractivity (Wildman–Crippen MR) is 93.0 cm³/mol. The maximum Gasteiger partial charge on any atom is 0.307 e. The van der Waals surface area contributed by atoms with Crippen LogP contribution in [0.25, 0.3) is 0 Å². The standard InChI is InChI=1S/C21H32O3/c1-13(22)24-19-7-6-17-16-5-4-14-12-15(23)8-10-20(14,2)18(16)9-11-21(17,19)3/h7,14-18,23H,4-6,8-12H2,1-3H3/t14?,15?,16-,17-,18-,20-,21-/m0/s1. The molecule has 3 fully saturated rings. The molecule has 4 aliphatic rings. The van der Waals surface area contributed by atoms with Crippen molar-refractivity contribution >= 4 is 5.97 Å². The van der Waals surface area contributed by atoms with Gasteiger partial charge in [0, 0.05) is 12.3 Å². The van der Waals surface area contributed by atoms with Crippen LogP contribution in [0, 0.1) is 34.5 Å². The van der Waals surface area contributed by atoms with Crippen molar-refractivity contribution in [1.82, 2.24) is 0 Å². The Morgan fingerprint density at radius 3 is 2.71 bits per heavy atom. The fourth-order valence-corrected chi connectivity index (χ4v) is 7.08. The number of carbonyl (C=O) groups excluding carboxylic acids is 1. The Morgan fingerprint density at radius 1 is 1.17 bits per heavy atom. The van der Waals surface area contributed by atoms with Crippen molar-refractivity contribution in [2.75, 3.05) is 0 Å². The van der Waals surface area contributed by atoms with Crippen LogP contribution in [0.15, 0.2) is 11.8 Å². The van der Waals surface area contributed by atoms with Crippen molar-refractivity contribution in [1.29, 1.82) is 0 Å². The zero-order valence-electron chi connectivity index (χ0n) is 15.4. The minimum Gasteiger partial charge on any atom is -0.431 e. The van der Waals surface area contributed by atoms with E-state index in [0.717, 1.165) is 43.3 Å². The van der Waals surface area contributed by atoms with Gasteiger partial charge in [0.25, 0.3) is 0 Å². The van der Waals surface area contributed by atoms with Crippen molar-refractivity contribution < 1.29 is 14.6 Å². The minimum absolute atomic E-state index is 0.0597. The maximum absolute atomic E-state index is 11.5. The number of allylic oxidation sites excluding steroid dienone is 2. The second-order valence-corrected chi connectivity index (χ2v) is 9.44. The number of esters is 1. The van der Waals surface area contributed by atoms with Gasteiger partial charge in [-0.15, -0.1) is 0 Å². The van der Waals surface area contributed by atoms with Gasteiger partial charge in [0.1, 0.15) is 5.76 Å². The Kier molecular flexibility index (Phi) is 3.87. The molecule has 0 heterocycles. The highest BCUT2D eigenvalue weighted by atomic mass is 16.5. The molecule has 4 rings (SSSR count). The zero-order valence-corrected chi connectivity index (χ0v) is 15.4. The molecular formula is C21H32O3. The van der Waals surface area contributed by atoms with Crippen LogP contribution in [0.4, 0.5) is 0 Å². The Bertz CT molecular complexity index is 567. The molecule has 0 amide bonds. The topological polar surface area (TPSA) is 46.5 Å². The number of ether oxygens (including phenoxy) is 1. The van der Waals surface area contributed by atoms with Crippen molar-refractivity contribution in [2.24, 2.45) is 34.5 Å². The molecule has 4 aliphatic carbocycles. The van der Waals surface area contributed by atoms with Crippen molar-refractivity contribution in [2.45, 2.75) is 78.2 Å². The lowest BCUT2D eigenvalue weighted by molar-refractivity contribution is -0.144. The molecule has 3 nitrogen and oxygen atoms in total. The van der Waals surface area contributed by atoms with Crippen LogP contribution in [0.1, 0.15) is 72.1 Å². The van der Waals surface area contributed by atoms with Crippen LogP contribution in [0.3, 0.4) is 0 Å². The lowest BCUT2D eigenvalue weighted by atomic mass is 9.45. The van der Waals surface area contributed by atoms with E-state index in [-0.39, 0.29) is 17.5 Å². The van der Waals surface area contributed by atoms with Crippen LogP contribution in [-0.4, -0.2) is 17.2 Å². The smallest absolute Gasteiger partial charge is 0.307 e. The van der Waals surface area contributed by atoms with E-state index in [4.69, 9.17) is 4.74 Å². The SMILES string of the molecule is CC(=O)OC1=CC[C@H]2[C@@H]3CCC4CC(O)CC[C@]4(C)[C@H]3CC[C@]12C. The second-order valence-electron chi connectivity index (χ2n) is 9.44. The highest BCUT2D eigenvalue weighted by molar-refractivity contribution is 5.67. The number of fused-ring (bicyclic) bond motifs is 5. The summed E-state index contributed by atoms with van der Waals surface area (Å²) in [7, 11) is 0. The van der Waals surface area contributed by atoms with E-state index in [0.29, 0.717) is 17.3 Å². The molecule has 7 atom stereocenters. The number of carbonyl (C=O) groups is 1. The van der Waals surface area contributed by atoms with Crippen LogP contribution in [0.2, 0.25) is 0 Å². The van der Waals surface area contributed by atoms with Crippen LogP contribution in [0.5, 0.6) is 0 Å². The Morgan fingerprint density at radius 2 is 1.96 bits per heavy atom. The summed E-state index contributed by atoms with van der Waals surface area (Å²) in [4.78, 5) is 11.5. The lowest BCUT2D eigenvalue weighted by Crippen LogP contribution is -2.53. The highest BCUT2D eigenvalue weighted by Crippen LogP contribution is 2.66. The minimum atomic E-state index is -0.179. The van der Waals surface area contributed by atoms with Gasteiger partial charge < -0.3 is 9.84 Å². The van der Waals surface area contributed by atoms with Gasteiger partial charge in [0.05, 0.1) is 6.10 Å². The third-order valence-electron chi connectivity index (χ3n) is 8.40. The largest absolute Gasteiger partial charge is 0.431 e. The Hall–Kier alpha value is -0.830. The summed E-state index contributed by atoms with van der Waals surface area (Å²) >= 11 is 0. The molecule has 1 N–H and O–H groups in total. The van der Waals surface area contributed by atoms with Gasteiger partial charge in [0.2, 0.25) is 0 Å². The first-order chi connectivity index (χ1) is 11.3. The van der Waals surface area contributed by atoms with Crippen LogP contribution >= 0.6 is 0 Å². The van der Waals surface area contributed by atoms with Crippen molar-refractivity contribution in [3.8, 4) is 0 Å². The first-order valence-corrected chi connectivity index (χ1v) is 9.92. The van der Waals surface area contributed by atoms with E-state index in [1.54, 1.807) is 0 Å². The monoisotopic (exact) mass is 332 g/mol. The summed E-state index contributed by atoms with van der Waals surface area (Å²) in [6.45, 7) is 6.36. The van der Waals surface area contributed by atoms with E-state index in [9.17, 15) is 9.90 Å². The second kappa shape index (κ2) is 5.59. The van der Waals surface area contributed by atoms with E-state index >= 15 is 0 Å². The molecule has 134 valence electrons. The molecule has 3 saturated carbocycles. The fourth-order valence-electron chi connectivity index (χ4n) is 7.08. The summed E-state index contributed by atoms with van der Waals surface area (Å²) < 4.78 is 5.60.